The second-order valence-corrected chi connectivity index (χ2v) is 4.38. The topological polar surface area (TPSA) is 64.1 Å². The summed E-state index contributed by atoms with van der Waals surface area (Å²) in [6.45, 7) is 9.24. The Kier molecular flexibility index (Phi) is 8.83. The molecule has 22 heavy (non-hydrogen) atoms. The second kappa shape index (κ2) is 10.7. The summed E-state index contributed by atoms with van der Waals surface area (Å²) in [5.41, 5.74) is 0.889. The van der Waals surface area contributed by atoms with E-state index in [0.717, 1.165) is 18.2 Å². The lowest BCUT2D eigenvalue weighted by molar-refractivity contribution is 0.156. The number of nitrogens with zero attached hydrogens (tertiary/aromatic N) is 1. The minimum Gasteiger partial charge on any atom is -0.493 e. The van der Waals surface area contributed by atoms with Crippen LogP contribution in [0, 0.1) is 0 Å². The van der Waals surface area contributed by atoms with Crippen LogP contribution < -0.4 is 20.1 Å². The highest BCUT2D eigenvalue weighted by Gasteiger charge is 2.06. The first-order valence-corrected chi connectivity index (χ1v) is 7.69. The van der Waals surface area contributed by atoms with Crippen molar-refractivity contribution in [3.63, 3.8) is 0 Å². The van der Waals surface area contributed by atoms with Gasteiger partial charge in [0, 0.05) is 24.9 Å². The minimum absolute atomic E-state index is 0.586. The van der Waals surface area contributed by atoms with Gasteiger partial charge in [0.05, 0.1) is 26.9 Å². The molecular weight excluding hydrogens is 282 g/mol. The van der Waals surface area contributed by atoms with Crippen LogP contribution in [0.1, 0.15) is 20.8 Å². The van der Waals surface area contributed by atoms with Crippen molar-refractivity contribution >= 4 is 11.6 Å². The summed E-state index contributed by atoms with van der Waals surface area (Å²) in [4.78, 5) is 4.46. The maximum Gasteiger partial charge on any atom is 0.195 e. The predicted molar refractivity (Wildman–Crippen MR) is 90.3 cm³/mol. The van der Waals surface area contributed by atoms with E-state index in [-0.39, 0.29) is 0 Å². The summed E-state index contributed by atoms with van der Waals surface area (Å²) in [7, 11) is 1.63. The summed E-state index contributed by atoms with van der Waals surface area (Å²) in [6, 6.07) is 5.70. The quantitative estimate of drug-likeness (QED) is 0.417. The zero-order chi connectivity index (χ0) is 16.2. The fourth-order valence-electron chi connectivity index (χ4n) is 1.83. The summed E-state index contributed by atoms with van der Waals surface area (Å²) < 4.78 is 16.2. The number of hydrogen-bond donors (Lipinski definition) is 2. The first-order valence-electron chi connectivity index (χ1n) is 7.69. The van der Waals surface area contributed by atoms with Crippen LogP contribution in [0.15, 0.2) is 23.2 Å². The molecule has 1 rings (SSSR count). The Hall–Kier alpha value is -1.95. The molecule has 0 fully saturated rings. The normalized spacial score (nSPS) is 11.2. The molecule has 2 N–H and O–H groups in total. The van der Waals surface area contributed by atoms with Crippen molar-refractivity contribution in [1.82, 2.24) is 5.32 Å². The molecule has 0 saturated carbocycles. The molecular formula is C16H27N3O3. The second-order valence-electron chi connectivity index (χ2n) is 4.38. The number of ether oxygens (including phenoxy) is 3. The molecule has 1 aromatic carbocycles. The Bertz CT molecular complexity index is 464. The van der Waals surface area contributed by atoms with E-state index in [0.29, 0.717) is 37.9 Å². The molecule has 0 saturated heterocycles. The van der Waals surface area contributed by atoms with E-state index >= 15 is 0 Å². The lowest BCUT2D eigenvalue weighted by atomic mass is 10.2. The maximum atomic E-state index is 5.58. The minimum atomic E-state index is 0.586. The number of guanidine groups is 1. The highest BCUT2D eigenvalue weighted by molar-refractivity contribution is 5.93. The highest BCUT2D eigenvalue weighted by atomic mass is 16.5. The third kappa shape index (κ3) is 6.22. The van der Waals surface area contributed by atoms with E-state index in [1.165, 1.54) is 0 Å². The van der Waals surface area contributed by atoms with E-state index in [9.17, 15) is 0 Å². The fraction of sp³-hybridized carbons (Fsp3) is 0.562. The third-order valence-electron chi connectivity index (χ3n) is 2.78. The number of benzene rings is 1. The first-order chi connectivity index (χ1) is 10.7. The number of rotatable bonds is 9. The molecule has 1 aromatic rings. The summed E-state index contributed by atoms with van der Waals surface area (Å²) in [5.74, 6) is 2.14. The van der Waals surface area contributed by atoms with Gasteiger partial charge in [-0.2, -0.15) is 0 Å². The lowest BCUT2D eigenvalue weighted by Crippen LogP contribution is -2.31. The zero-order valence-electron chi connectivity index (χ0n) is 13.9. The molecule has 6 nitrogen and oxygen atoms in total. The van der Waals surface area contributed by atoms with Gasteiger partial charge in [-0.05, 0) is 32.9 Å². The average molecular weight is 309 g/mol. The van der Waals surface area contributed by atoms with Crippen molar-refractivity contribution in [2.75, 3.05) is 45.3 Å². The molecule has 0 radical (unpaired) electrons. The Balaban J connectivity index is 2.77. The lowest BCUT2D eigenvalue weighted by Gasteiger charge is -2.14. The van der Waals surface area contributed by atoms with Gasteiger partial charge in [0.25, 0.3) is 0 Å². The van der Waals surface area contributed by atoms with E-state index in [1.54, 1.807) is 7.11 Å². The van der Waals surface area contributed by atoms with Gasteiger partial charge in [-0.3, -0.25) is 4.99 Å². The Morgan fingerprint density at radius 3 is 2.59 bits per heavy atom. The largest absolute Gasteiger partial charge is 0.493 e. The summed E-state index contributed by atoms with van der Waals surface area (Å²) in [6.07, 6.45) is 0. The smallest absolute Gasteiger partial charge is 0.195 e. The molecule has 124 valence electrons. The molecule has 6 heteroatoms. The van der Waals surface area contributed by atoms with Crippen molar-refractivity contribution in [1.29, 1.82) is 0 Å². The average Bonchev–Trinajstić information content (AvgIpc) is 2.52. The van der Waals surface area contributed by atoms with Crippen LogP contribution in [0.3, 0.4) is 0 Å². The molecule has 0 atom stereocenters. The summed E-state index contributed by atoms with van der Waals surface area (Å²) in [5, 5.41) is 6.45. The predicted octanol–water partition coefficient (Wildman–Crippen LogP) is 2.51. The van der Waals surface area contributed by atoms with Crippen molar-refractivity contribution in [2.45, 2.75) is 20.8 Å². The molecule has 0 aromatic heterocycles. The highest BCUT2D eigenvalue weighted by Crippen LogP contribution is 2.30. The third-order valence-corrected chi connectivity index (χ3v) is 2.78. The molecule has 0 spiro atoms. The van der Waals surface area contributed by atoms with E-state index in [2.05, 4.69) is 15.6 Å². The zero-order valence-corrected chi connectivity index (χ0v) is 13.9. The molecule has 0 aliphatic heterocycles. The van der Waals surface area contributed by atoms with Crippen LogP contribution >= 0.6 is 0 Å². The van der Waals surface area contributed by atoms with E-state index in [4.69, 9.17) is 14.2 Å². The van der Waals surface area contributed by atoms with Crippen LogP contribution in [0.4, 0.5) is 5.69 Å². The Morgan fingerprint density at radius 1 is 1.14 bits per heavy atom. The van der Waals surface area contributed by atoms with E-state index in [1.807, 2.05) is 39.0 Å². The van der Waals surface area contributed by atoms with Gasteiger partial charge in [-0.25, -0.2) is 0 Å². The summed E-state index contributed by atoms with van der Waals surface area (Å²) >= 11 is 0. The number of anilines is 1. The van der Waals surface area contributed by atoms with Crippen molar-refractivity contribution in [3.05, 3.63) is 18.2 Å². The molecule has 0 aliphatic carbocycles. The van der Waals surface area contributed by atoms with Gasteiger partial charge in [0.1, 0.15) is 0 Å². The van der Waals surface area contributed by atoms with Gasteiger partial charge in [0.2, 0.25) is 0 Å². The van der Waals surface area contributed by atoms with Gasteiger partial charge in [-0.1, -0.05) is 0 Å². The van der Waals surface area contributed by atoms with Crippen molar-refractivity contribution < 1.29 is 14.2 Å². The number of methoxy groups -OCH3 is 1. The van der Waals surface area contributed by atoms with Crippen LogP contribution in [0.2, 0.25) is 0 Å². The number of hydrogen-bond acceptors (Lipinski definition) is 4. The molecule has 0 bridgehead atoms. The van der Waals surface area contributed by atoms with E-state index < -0.39 is 0 Å². The maximum absolute atomic E-state index is 5.58. The fourth-order valence-corrected chi connectivity index (χ4v) is 1.83. The van der Waals surface area contributed by atoms with Crippen LogP contribution in [-0.4, -0.2) is 46.0 Å². The van der Waals surface area contributed by atoms with Gasteiger partial charge in [0.15, 0.2) is 17.5 Å². The Labute approximate surface area is 132 Å². The monoisotopic (exact) mass is 309 g/mol. The Morgan fingerprint density at radius 2 is 1.95 bits per heavy atom. The molecule has 0 amide bonds. The van der Waals surface area contributed by atoms with Crippen molar-refractivity contribution in [2.24, 2.45) is 4.99 Å². The van der Waals surface area contributed by atoms with Crippen LogP contribution in [-0.2, 0) is 4.74 Å². The number of nitrogens with one attached hydrogen (secondary N) is 2. The van der Waals surface area contributed by atoms with Crippen LogP contribution in [0.25, 0.3) is 0 Å². The van der Waals surface area contributed by atoms with Gasteiger partial charge >= 0.3 is 0 Å². The van der Waals surface area contributed by atoms with Gasteiger partial charge in [-0.15, -0.1) is 0 Å². The molecule has 0 unspecified atom stereocenters. The first kappa shape index (κ1) is 18.1. The number of aliphatic imine (C=N–C) groups is 1. The SMILES string of the molecule is CCNC(=NCCOCC)Nc1ccc(OC)c(OCC)c1. The van der Waals surface area contributed by atoms with Crippen LogP contribution in [0.5, 0.6) is 11.5 Å². The standard InChI is InChI=1S/C16H27N3O3/c1-5-17-16(18-10-11-21-6-2)19-13-8-9-14(20-4)15(12-13)22-7-3/h8-9,12H,5-7,10-11H2,1-4H3,(H2,17,18,19). The molecule has 0 heterocycles. The van der Waals surface area contributed by atoms with Gasteiger partial charge < -0.3 is 24.8 Å². The molecule has 0 aliphatic rings. The van der Waals surface area contributed by atoms with Crippen molar-refractivity contribution in [3.8, 4) is 11.5 Å².